The van der Waals surface area contributed by atoms with Crippen LogP contribution in [0.25, 0.3) is 0 Å². The Kier molecular flexibility index (Phi) is 4.27. The van der Waals surface area contributed by atoms with Gasteiger partial charge in [0.2, 0.25) is 10.0 Å². The van der Waals surface area contributed by atoms with Gasteiger partial charge in [-0.1, -0.05) is 18.0 Å². The molecule has 0 bridgehead atoms. The van der Waals surface area contributed by atoms with Crippen LogP contribution in [0.15, 0.2) is 9.42 Å². The van der Waals surface area contributed by atoms with Crippen LogP contribution in [0.2, 0.25) is 0 Å². The molecule has 1 aromatic rings. The number of aromatic nitrogens is 1. The van der Waals surface area contributed by atoms with Gasteiger partial charge in [-0.2, -0.15) is 0 Å². The zero-order chi connectivity index (χ0) is 14.0. The molecule has 0 aliphatic heterocycles. The highest BCUT2D eigenvalue weighted by Crippen LogP contribution is 2.25. The minimum atomic E-state index is -3.62. The number of nitrogens with zero attached hydrogens (tertiary/aromatic N) is 1. The Bertz CT molecular complexity index is 518. The van der Waals surface area contributed by atoms with E-state index in [2.05, 4.69) is 9.88 Å². The van der Waals surface area contributed by atoms with Gasteiger partial charge in [0.15, 0.2) is 5.76 Å². The fourth-order valence-electron chi connectivity index (χ4n) is 2.57. The standard InChI is InChI=1S/C12H20N2O4S/c1-8-12(9(2)18-14-8)19(16,17)13-7-10-5-3-4-6-11(10)15/h10-11,13,15H,3-7H2,1-2H3. The summed E-state index contributed by atoms with van der Waals surface area (Å²) in [6.07, 6.45) is 3.23. The molecule has 1 saturated carbocycles. The second-order valence-electron chi connectivity index (χ2n) is 5.12. The SMILES string of the molecule is Cc1noc(C)c1S(=O)(=O)NCC1CCCCC1O. The predicted molar refractivity (Wildman–Crippen MR) is 69.1 cm³/mol. The first-order valence-corrected chi connectivity index (χ1v) is 8.00. The lowest BCUT2D eigenvalue weighted by atomic mass is 9.87. The van der Waals surface area contributed by atoms with Crippen LogP contribution < -0.4 is 4.72 Å². The highest BCUT2D eigenvalue weighted by Gasteiger charge is 2.28. The molecule has 108 valence electrons. The topological polar surface area (TPSA) is 92.4 Å². The molecule has 1 aliphatic carbocycles. The summed E-state index contributed by atoms with van der Waals surface area (Å²) in [4.78, 5) is 0.109. The molecule has 0 saturated heterocycles. The molecule has 2 N–H and O–H groups in total. The molecule has 0 amide bonds. The van der Waals surface area contributed by atoms with Crippen LogP contribution in [0.4, 0.5) is 0 Å². The summed E-state index contributed by atoms with van der Waals surface area (Å²) >= 11 is 0. The first-order chi connectivity index (χ1) is 8.92. The van der Waals surface area contributed by atoms with E-state index in [1.165, 1.54) is 0 Å². The molecule has 7 heteroatoms. The summed E-state index contributed by atoms with van der Waals surface area (Å²) in [6.45, 7) is 3.43. The van der Waals surface area contributed by atoms with E-state index < -0.39 is 16.1 Å². The van der Waals surface area contributed by atoms with Crippen LogP contribution in [-0.2, 0) is 10.0 Å². The van der Waals surface area contributed by atoms with E-state index in [-0.39, 0.29) is 23.1 Å². The lowest BCUT2D eigenvalue weighted by molar-refractivity contribution is 0.0724. The van der Waals surface area contributed by atoms with Gasteiger partial charge < -0.3 is 9.63 Å². The van der Waals surface area contributed by atoms with E-state index in [4.69, 9.17) is 4.52 Å². The third-order valence-corrected chi connectivity index (χ3v) is 5.31. The van der Waals surface area contributed by atoms with Crippen molar-refractivity contribution >= 4 is 10.0 Å². The molecule has 6 nitrogen and oxygen atoms in total. The van der Waals surface area contributed by atoms with E-state index in [0.29, 0.717) is 5.69 Å². The average molecular weight is 288 g/mol. The minimum Gasteiger partial charge on any atom is -0.393 e. The van der Waals surface area contributed by atoms with Crippen molar-refractivity contribution in [1.29, 1.82) is 0 Å². The van der Waals surface area contributed by atoms with Crippen molar-refractivity contribution in [3.63, 3.8) is 0 Å². The normalized spacial score (nSPS) is 24.6. The van der Waals surface area contributed by atoms with Gasteiger partial charge in [-0.3, -0.25) is 0 Å². The molecule has 0 spiro atoms. The van der Waals surface area contributed by atoms with Crippen LogP contribution in [0, 0.1) is 19.8 Å². The molecule has 2 unspecified atom stereocenters. The number of nitrogens with one attached hydrogen (secondary N) is 1. The third-order valence-electron chi connectivity index (χ3n) is 3.64. The molecular formula is C12H20N2O4S. The van der Waals surface area contributed by atoms with Crippen LogP contribution in [0.3, 0.4) is 0 Å². The highest BCUT2D eigenvalue weighted by molar-refractivity contribution is 7.89. The molecule has 0 radical (unpaired) electrons. The van der Waals surface area contributed by atoms with Crippen LogP contribution in [0.5, 0.6) is 0 Å². The lowest BCUT2D eigenvalue weighted by Crippen LogP contribution is -2.36. The van der Waals surface area contributed by atoms with E-state index in [1.54, 1.807) is 13.8 Å². The smallest absolute Gasteiger partial charge is 0.245 e. The summed E-state index contributed by atoms with van der Waals surface area (Å²) in [5.41, 5.74) is 0.356. The summed E-state index contributed by atoms with van der Waals surface area (Å²) < 4.78 is 31.8. The number of aliphatic hydroxyl groups excluding tert-OH is 1. The second kappa shape index (κ2) is 5.60. The third kappa shape index (κ3) is 3.16. The van der Waals surface area contributed by atoms with Crippen LogP contribution in [-0.4, -0.2) is 31.3 Å². The number of aliphatic hydroxyl groups is 1. The Balaban J connectivity index is 2.06. The van der Waals surface area contributed by atoms with E-state index in [9.17, 15) is 13.5 Å². The fourth-order valence-corrected chi connectivity index (χ4v) is 3.99. The van der Waals surface area contributed by atoms with Crippen molar-refractivity contribution in [2.45, 2.75) is 50.5 Å². The molecule has 1 heterocycles. The van der Waals surface area contributed by atoms with Crippen LogP contribution in [0.1, 0.15) is 37.1 Å². The molecule has 2 atom stereocenters. The molecule has 19 heavy (non-hydrogen) atoms. The van der Waals surface area contributed by atoms with E-state index in [0.717, 1.165) is 25.7 Å². The monoisotopic (exact) mass is 288 g/mol. The largest absolute Gasteiger partial charge is 0.393 e. The van der Waals surface area contributed by atoms with Gasteiger partial charge >= 0.3 is 0 Å². The molecule has 2 rings (SSSR count). The van der Waals surface area contributed by atoms with Gasteiger partial charge in [0, 0.05) is 6.54 Å². The maximum atomic E-state index is 12.2. The maximum Gasteiger partial charge on any atom is 0.245 e. The fraction of sp³-hybridized carbons (Fsp3) is 0.750. The Labute approximate surface area is 113 Å². The van der Waals surface area contributed by atoms with E-state index in [1.807, 2.05) is 0 Å². The second-order valence-corrected chi connectivity index (χ2v) is 6.82. The molecule has 0 aromatic carbocycles. The number of aryl methyl sites for hydroxylation is 2. The maximum absolute atomic E-state index is 12.2. The molecular weight excluding hydrogens is 268 g/mol. The zero-order valence-corrected chi connectivity index (χ0v) is 12.0. The van der Waals surface area contributed by atoms with Crippen molar-refractivity contribution in [2.75, 3.05) is 6.54 Å². The Hall–Kier alpha value is -0.920. The van der Waals surface area contributed by atoms with Gasteiger partial charge in [0.05, 0.1) is 6.10 Å². The average Bonchev–Trinajstić information content (AvgIpc) is 2.69. The Morgan fingerprint density at radius 1 is 1.37 bits per heavy atom. The van der Waals surface area contributed by atoms with E-state index >= 15 is 0 Å². The minimum absolute atomic E-state index is 0.0102. The summed E-state index contributed by atoms with van der Waals surface area (Å²) in [6, 6.07) is 0. The first kappa shape index (κ1) is 14.5. The van der Waals surface area contributed by atoms with Gasteiger partial charge in [-0.05, 0) is 32.6 Å². The van der Waals surface area contributed by atoms with Crippen molar-refractivity contribution in [3.8, 4) is 0 Å². The Morgan fingerprint density at radius 3 is 2.63 bits per heavy atom. The van der Waals surface area contributed by atoms with Gasteiger partial charge in [0.1, 0.15) is 10.6 Å². The number of hydrogen-bond acceptors (Lipinski definition) is 5. The lowest BCUT2D eigenvalue weighted by Gasteiger charge is -2.27. The van der Waals surface area contributed by atoms with Crippen molar-refractivity contribution in [3.05, 3.63) is 11.5 Å². The predicted octanol–water partition coefficient (Wildman–Crippen LogP) is 1.12. The van der Waals surface area contributed by atoms with Gasteiger partial charge in [0.25, 0.3) is 0 Å². The molecule has 1 aliphatic rings. The molecule has 1 fully saturated rings. The van der Waals surface area contributed by atoms with Gasteiger partial charge in [-0.15, -0.1) is 0 Å². The quantitative estimate of drug-likeness (QED) is 0.866. The summed E-state index contributed by atoms with van der Waals surface area (Å²) in [5.74, 6) is 0.276. The molecule has 1 aromatic heterocycles. The number of rotatable bonds is 4. The highest BCUT2D eigenvalue weighted by atomic mass is 32.2. The van der Waals surface area contributed by atoms with Crippen molar-refractivity contribution < 1.29 is 18.0 Å². The van der Waals surface area contributed by atoms with Gasteiger partial charge in [-0.25, -0.2) is 13.1 Å². The number of sulfonamides is 1. The first-order valence-electron chi connectivity index (χ1n) is 6.52. The summed E-state index contributed by atoms with van der Waals surface area (Å²) in [7, 11) is -3.62. The van der Waals surface area contributed by atoms with Crippen LogP contribution >= 0.6 is 0 Å². The number of hydrogen-bond donors (Lipinski definition) is 2. The summed E-state index contributed by atoms with van der Waals surface area (Å²) in [5, 5.41) is 13.5. The Morgan fingerprint density at radius 2 is 2.05 bits per heavy atom. The zero-order valence-electron chi connectivity index (χ0n) is 11.2. The van der Waals surface area contributed by atoms with Crippen molar-refractivity contribution in [2.24, 2.45) is 5.92 Å². The van der Waals surface area contributed by atoms with Crippen molar-refractivity contribution in [1.82, 2.24) is 9.88 Å².